The number of ether oxygens (including phenoxy) is 2. The van der Waals surface area contributed by atoms with Crippen molar-refractivity contribution in [2.75, 3.05) is 18.5 Å². The highest BCUT2D eigenvalue weighted by Crippen LogP contribution is 2.30. The minimum absolute atomic E-state index is 0.0294. The van der Waals surface area contributed by atoms with E-state index in [4.69, 9.17) is 21.7 Å². The zero-order chi connectivity index (χ0) is 17.4. The van der Waals surface area contributed by atoms with Gasteiger partial charge in [0.05, 0.1) is 19.3 Å². The number of thiocarbonyl (C=S) groups is 1. The van der Waals surface area contributed by atoms with Crippen molar-refractivity contribution in [3.63, 3.8) is 0 Å². The molecule has 0 amide bonds. The van der Waals surface area contributed by atoms with Gasteiger partial charge in [-0.25, -0.2) is 0 Å². The molecule has 2 N–H and O–H groups in total. The molecule has 0 aliphatic carbocycles. The Labute approximate surface area is 148 Å². The third kappa shape index (κ3) is 5.09. The number of hydrogen-bond donors (Lipinski definition) is 2. The zero-order valence-electron chi connectivity index (χ0n) is 14.2. The molecule has 1 aromatic carbocycles. The third-order valence-corrected chi connectivity index (χ3v) is 3.57. The third-order valence-electron chi connectivity index (χ3n) is 3.35. The summed E-state index contributed by atoms with van der Waals surface area (Å²) in [6, 6.07) is 9.69. The fourth-order valence-corrected chi connectivity index (χ4v) is 2.51. The Kier molecular flexibility index (Phi) is 6.81. The molecule has 2 aromatic rings. The Hall–Kier alpha value is -2.34. The minimum Gasteiger partial charge on any atom is -0.490 e. The maximum Gasteiger partial charge on any atom is 0.171 e. The van der Waals surface area contributed by atoms with Crippen molar-refractivity contribution < 1.29 is 9.47 Å². The molecular weight excluding hydrogens is 322 g/mol. The van der Waals surface area contributed by atoms with Crippen molar-refractivity contribution in [3.05, 3.63) is 48.3 Å². The van der Waals surface area contributed by atoms with Gasteiger partial charge < -0.3 is 20.1 Å². The predicted octanol–water partition coefficient (Wildman–Crippen LogP) is 3.93. The fourth-order valence-electron chi connectivity index (χ4n) is 2.22. The summed E-state index contributed by atoms with van der Waals surface area (Å²) in [5, 5.41) is 6.96. The van der Waals surface area contributed by atoms with E-state index in [0.29, 0.717) is 18.3 Å². The number of benzene rings is 1. The van der Waals surface area contributed by atoms with Gasteiger partial charge in [-0.3, -0.25) is 4.98 Å². The van der Waals surface area contributed by atoms with Gasteiger partial charge in [0.1, 0.15) is 0 Å². The monoisotopic (exact) mass is 345 g/mol. The number of anilines is 1. The molecule has 24 heavy (non-hydrogen) atoms. The number of nitrogens with one attached hydrogen (secondary N) is 2. The molecule has 0 saturated heterocycles. The Morgan fingerprint density at radius 3 is 2.42 bits per heavy atom. The average molecular weight is 345 g/mol. The summed E-state index contributed by atoms with van der Waals surface area (Å²) in [6.07, 6.45) is 3.43. The molecular formula is C18H23N3O2S. The first-order chi connectivity index (χ1) is 11.6. The van der Waals surface area contributed by atoms with E-state index in [1.54, 1.807) is 12.4 Å². The highest BCUT2D eigenvalue weighted by Gasteiger charge is 2.12. The molecule has 0 aliphatic heterocycles. The normalized spacial score (nSPS) is 11.5. The summed E-state index contributed by atoms with van der Waals surface area (Å²) in [6.45, 7) is 7.15. The highest BCUT2D eigenvalue weighted by atomic mass is 32.1. The molecule has 0 aliphatic rings. The van der Waals surface area contributed by atoms with E-state index in [0.717, 1.165) is 22.7 Å². The van der Waals surface area contributed by atoms with E-state index >= 15 is 0 Å². The molecule has 2 rings (SSSR count). The van der Waals surface area contributed by atoms with Crippen LogP contribution in [0.3, 0.4) is 0 Å². The number of pyridine rings is 1. The maximum atomic E-state index is 5.67. The SMILES string of the molecule is CCOc1ccc([C@@H](C)NC(=S)Nc2ccncc2)cc1OCC. The minimum atomic E-state index is 0.0294. The summed E-state index contributed by atoms with van der Waals surface area (Å²) >= 11 is 5.37. The van der Waals surface area contributed by atoms with E-state index in [9.17, 15) is 0 Å². The molecule has 1 aromatic heterocycles. The topological polar surface area (TPSA) is 55.4 Å². The van der Waals surface area contributed by atoms with Gasteiger partial charge >= 0.3 is 0 Å². The van der Waals surface area contributed by atoms with Crippen LogP contribution < -0.4 is 20.1 Å². The van der Waals surface area contributed by atoms with Gasteiger partial charge in [-0.1, -0.05) is 6.07 Å². The van der Waals surface area contributed by atoms with Gasteiger partial charge in [0.2, 0.25) is 0 Å². The summed E-state index contributed by atoms with van der Waals surface area (Å²) in [7, 11) is 0. The van der Waals surface area contributed by atoms with Gasteiger partial charge in [0.15, 0.2) is 16.6 Å². The molecule has 0 spiro atoms. The fraction of sp³-hybridized carbons (Fsp3) is 0.333. The van der Waals surface area contributed by atoms with E-state index in [-0.39, 0.29) is 6.04 Å². The van der Waals surface area contributed by atoms with Crippen molar-refractivity contribution in [1.82, 2.24) is 10.3 Å². The van der Waals surface area contributed by atoms with Crippen LogP contribution in [0.4, 0.5) is 5.69 Å². The van der Waals surface area contributed by atoms with Gasteiger partial charge in [0.25, 0.3) is 0 Å². The first-order valence-corrected chi connectivity index (χ1v) is 8.42. The van der Waals surface area contributed by atoms with Crippen LogP contribution >= 0.6 is 12.2 Å². The lowest BCUT2D eigenvalue weighted by molar-refractivity contribution is 0.287. The van der Waals surface area contributed by atoms with Gasteiger partial charge in [0, 0.05) is 18.1 Å². The number of aromatic nitrogens is 1. The second kappa shape index (κ2) is 9.08. The summed E-state index contributed by atoms with van der Waals surface area (Å²) in [5.41, 5.74) is 1.97. The lowest BCUT2D eigenvalue weighted by Crippen LogP contribution is -2.30. The van der Waals surface area contributed by atoms with Crippen LogP contribution in [-0.4, -0.2) is 23.3 Å². The van der Waals surface area contributed by atoms with E-state index in [1.807, 2.05) is 51.1 Å². The smallest absolute Gasteiger partial charge is 0.171 e. The summed E-state index contributed by atoms with van der Waals surface area (Å²) in [5.74, 6) is 1.51. The highest BCUT2D eigenvalue weighted by molar-refractivity contribution is 7.80. The maximum absolute atomic E-state index is 5.67. The Balaban J connectivity index is 2.04. The van der Waals surface area contributed by atoms with Crippen molar-refractivity contribution in [1.29, 1.82) is 0 Å². The van der Waals surface area contributed by atoms with Crippen LogP contribution in [0.2, 0.25) is 0 Å². The lowest BCUT2D eigenvalue weighted by Gasteiger charge is -2.19. The van der Waals surface area contributed by atoms with E-state index < -0.39 is 0 Å². The molecule has 128 valence electrons. The van der Waals surface area contributed by atoms with Crippen LogP contribution in [0.25, 0.3) is 0 Å². The quantitative estimate of drug-likeness (QED) is 0.742. The Bertz CT molecular complexity index is 665. The molecule has 6 heteroatoms. The Morgan fingerprint density at radius 1 is 1.08 bits per heavy atom. The molecule has 0 bridgehead atoms. The number of hydrogen-bond acceptors (Lipinski definition) is 4. The molecule has 1 heterocycles. The second-order valence-electron chi connectivity index (χ2n) is 5.13. The van der Waals surface area contributed by atoms with Crippen LogP contribution in [-0.2, 0) is 0 Å². The van der Waals surface area contributed by atoms with Crippen LogP contribution in [0, 0.1) is 0 Å². The van der Waals surface area contributed by atoms with Crippen LogP contribution in [0.15, 0.2) is 42.7 Å². The average Bonchev–Trinajstić information content (AvgIpc) is 2.57. The van der Waals surface area contributed by atoms with Crippen molar-refractivity contribution in [2.24, 2.45) is 0 Å². The van der Waals surface area contributed by atoms with E-state index in [2.05, 4.69) is 15.6 Å². The van der Waals surface area contributed by atoms with Crippen molar-refractivity contribution >= 4 is 23.0 Å². The summed E-state index contributed by atoms with van der Waals surface area (Å²) in [4.78, 5) is 3.98. The van der Waals surface area contributed by atoms with Crippen molar-refractivity contribution in [3.8, 4) is 11.5 Å². The number of rotatable bonds is 7. The molecule has 0 radical (unpaired) electrons. The molecule has 0 unspecified atom stereocenters. The van der Waals surface area contributed by atoms with Crippen molar-refractivity contribution in [2.45, 2.75) is 26.8 Å². The number of nitrogens with zero attached hydrogens (tertiary/aromatic N) is 1. The largest absolute Gasteiger partial charge is 0.490 e. The second-order valence-corrected chi connectivity index (χ2v) is 5.54. The first kappa shape index (κ1) is 18.0. The molecule has 5 nitrogen and oxygen atoms in total. The predicted molar refractivity (Wildman–Crippen MR) is 101 cm³/mol. The van der Waals surface area contributed by atoms with E-state index in [1.165, 1.54) is 0 Å². The molecule has 0 saturated carbocycles. The van der Waals surface area contributed by atoms with Gasteiger partial charge in [-0.2, -0.15) is 0 Å². The van der Waals surface area contributed by atoms with Crippen LogP contribution in [0.5, 0.6) is 11.5 Å². The lowest BCUT2D eigenvalue weighted by atomic mass is 10.1. The van der Waals surface area contributed by atoms with Gasteiger partial charge in [-0.15, -0.1) is 0 Å². The standard InChI is InChI=1S/C18H23N3O2S/c1-4-22-16-7-6-14(12-17(16)23-5-2)13(3)20-18(24)21-15-8-10-19-11-9-15/h6-13H,4-5H2,1-3H3,(H2,19,20,21,24)/t13-/m1/s1. The van der Waals surface area contributed by atoms with Gasteiger partial charge in [-0.05, 0) is 62.8 Å². The molecule has 0 fully saturated rings. The zero-order valence-corrected chi connectivity index (χ0v) is 15.0. The van der Waals surface area contributed by atoms with Crippen LogP contribution in [0.1, 0.15) is 32.4 Å². The first-order valence-electron chi connectivity index (χ1n) is 8.01. The summed E-state index contributed by atoms with van der Waals surface area (Å²) < 4.78 is 11.3. The molecule has 1 atom stereocenters. The Morgan fingerprint density at radius 2 is 1.75 bits per heavy atom.